The number of fused-ring (bicyclic) bond motifs is 1. The molecule has 2 heterocycles. The van der Waals surface area contributed by atoms with Gasteiger partial charge in [-0.2, -0.15) is 5.10 Å². The van der Waals surface area contributed by atoms with Gasteiger partial charge in [0.2, 0.25) is 5.12 Å². The molecule has 9 nitrogen and oxygen atoms in total. The fraction of sp³-hybridized carbons (Fsp3) is 0.0769. The van der Waals surface area contributed by atoms with Crippen molar-refractivity contribution in [1.82, 2.24) is 20.1 Å². The van der Waals surface area contributed by atoms with Gasteiger partial charge in [-0.15, -0.1) is 0 Å². The van der Waals surface area contributed by atoms with E-state index in [9.17, 15) is 24.0 Å². The molecule has 0 radical (unpaired) electrons. The molecule has 0 fully saturated rings. The summed E-state index contributed by atoms with van der Waals surface area (Å²) in [5, 5.41) is 4.53. The van der Waals surface area contributed by atoms with Gasteiger partial charge >= 0.3 is 5.69 Å². The van der Waals surface area contributed by atoms with Crippen molar-refractivity contribution >= 4 is 28.7 Å². The second-order valence-corrected chi connectivity index (χ2v) is 5.57. The normalized spacial score (nSPS) is 13.3. The predicted octanol–water partition coefficient (Wildman–Crippen LogP) is -0.627. The lowest BCUT2D eigenvalue weighted by molar-refractivity contribution is -0.111. The number of amides is 2. The largest absolute Gasteiger partial charge is 0.342 e. The number of aromatic amines is 2. The molecule has 1 aromatic heterocycles. The number of hydrogen-bond donors (Lipinski definition) is 2. The highest BCUT2D eigenvalue weighted by Gasteiger charge is 2.36. The molecule has 1 aliphatic heterocycles. The minimum atomic E-state index is -0.825. The van der Waals surface area contributed by atoms with Crippen molar-refractivity contribution in [2.75, 3.05) is 6.54 Å². The number of imide groups is 1. The van der Waals surface area contributed by atoms with Crippen LogP contribution in [0.15, 0.2) is 38.9 Å². The molecule has 2 amide bonds. The molecular weight excluding hydrogens is 324 g/mol. The molecule has 10 heteroatoms. The SMILES string of the molecule is O=C(CN1C(=O)c2ccccc2C1=O)Sc1n[nH]c(=O)[nH]c1=O. The van der Waals surface area contributed by atoms with Crippen molar-refractivity contribution in [3.05, 3.63) is 56.2 Å². The van der Waals surface area contributed by atoms with E-state index in [-0.39, 0.29) is 16.2 Å². The number of thioether (sulfide) groups is 1. The number of nitrogens with zero attached hydrogens (tertiary/aromatic N) is 2. The summed E-state index contributed by atoms with van der Waals surface area (Å²) >= 11 is 0.439. The molecule has 116 valence electrons. The van der Waals surface area contributed by atoms with Crippen LogP contribution in [-0.2, 0) is 4.79 Å². The summed E-state index contributed by atoms with van der Waals surface area (Å²) in [5.74, 6) is -1.13. The fourth-order valence-corrected chi connectivity index (χ4v) is 2.70. The third-order valence-electron chi connectivity index (χ3n) is 3.06. The number of nitrogens with one attached hydrogen (secondary N) is 2. The Bertz CT molecular complexity index is 913. The van der Waals surface area contributed by atoms with Gasteiger partial charge in [0, 0.05) is 0 Å². The van der Waals surface area contributed by atoms with Crippen molar-refractivity contribution in [3.8, 4) is 0 Å². The van der Waals surface area contributed by atoms with Crippen LogP contribution in [0, 0.1) is 0 Å². The molecule has 1 aromatic carbocycles. The van der Waals surface area contributed by atoms with Gasteiger partial charge < -0.3 is 0 Å². The number of hydrogen-bond acceptors (Lipinski definition) is 7. The maximum absolute atomic E-state index is 12.1. The van der Waals surface area contributed by atoms with E-state index in [1.165, 1.54) is 12.1 Å². The van der Waals surface area contributed by atoms with Crippen molar-refractivity contribution < 1.29 is 14.4 Å². The number of carbonyl (C=O) groups excluding carboxylic acids is 3. The predicted molar refractivity (Wildman–Crippen MR) is 78.2 cm³/mol. The molecule has 2 N–H and O–H groups in total. The first-order valence-corrected chi connectivity index (χ1v) is 7.14. The van der Waals surface area contributed by atoms with E-state index in [1.54, 1.807) is 12.1 Å². The molecule has 0 atom stereocenters. The van der Waals surface area contributed by atoms with E-state index in [2.05, 4.69) is 5.10 Å². The Morgan fingerprint density at radius 3 is 2.26 bits per heavy atom. The first kappa shape index (κ1) is 14.9. The van der Waals surface area contributed by atoms with Gasteiger partial charge in [0.15, 0.2) is 5.03 Å². The number of rotatable bonds is 3. The lowest BCUT2D eigenvalue weighted by atomic mass is 10.1. The quantitative estimate of drug-likeness (QED) is 0.565. The molecule has 0 saturated carbocycles. The van der Waals surface area contributed by atoms with Crippen LogP contribution >= 0.6 is 11.8 Å². The van der Waals surface area contributed by atoms with Crippen LogP contribution in [0.4, 0.5) is 0 Å². The van der Waals surface area contributed by atoms with Crippen LogP contribution in [0.2, 0.25) is 0 Å². The van der Waals surface area contributed by atoms with Crippen LogP contribution in [0.5, 0.6) is 0 Å². The van der Waals surface area contributed by atoms with Crippen molar-refractivity contribution in [1.29, 1.82) is 0 Å². The van der Waals surface area contributed by atoms with Gasteiger partial charge in [0.05, 0.1) is 17.7 Å². The van der Waals surface area contributed by atoms with Crippen LogP contribution in [0.3, 0.4) is 0 Å². The summed E-state index contributed by atoms with van der Waals surface area (Å²) in [7, 11) is 0. The Kier molecular flexibility index (Phi) is 3.66. The minimum absolute atomic E-state index is 0.232. The Morgan fingerprint density at radius 1 is 1.09 bits per heavy atom. The Morgan fingerprint density at radius 2 is 1.70 bits per heavy atom. The van der Waals surface area contributed by atoms with Crippen LogP contribution in [0.1, 0.15) is 20.7 Å². The second kappa shape index (κ2) is 5.65. The maximum atomic E-state index is 12.1. The fourth-order valence-electron chi connectivity index (χ4n) is 2.06. The molecule has 2 aromatic rings. The van der Waals surface area contributed by atoms with Crippen molar-refractivity contribution in [3.63, 3.8) is 0 Å². The average Bonchev–Trinajstić information content (AvgIpc) is 2.76. The lowest BCUT2D eigenvalue weighted by Crippen LogP contribution is -2.34. The van der Waals surface area contributed by atoms with Gasteiger partial charge in [-0.05, 0) is 23.9 Å². The van der Waals surface area contributed by atoms with Gasteiger partial charge in [0.25, 0.3) is 17.4 Å². The molecule has 23 heavy (non-hydrogen) atoms. The number of aromatic nitrogens is 3. The smallest absolute Gasteiger partial charge is 0.285 e. The first-order chi connectivity index (χ1) is 11.0. The number of carbonyl (C=O) groups is 3. The Labute approximate surface area is 131 Å². The van der Waals surface area contributed by atoms with Crippen LogP contribution < -0.4 is 11.2 Å². The van der Waals surface area contributed by atoms with E-state index in [0.717, 1.165) is 4.90 Å². The molecule has 0 saturated heterocycles. The van der Waals surface area contributed by atoms with E-state index in [1.807, 2.05) is 10.1 Å². The highest BCUT2D eigenvalue weighted by atomic mass is 32.2. The summed E-state index contributed by atoms with van der Waals surface area (Å²) in [6.45, 7) is -0.503. The van der Waals surface area contributed by atoms with Crippen LogP contribution in [0.25, 0.3) is 0 Å². The van der Waals surface area contributed by atoms with Gasteiger partial charge in [0.1, 0.15) is 0 Å². The zero-order valence-corrected chi connectivity index (χ0v) is 12.2. The zero-order valence-electron chi connectivity index (χ0n) is 11.4. The van der Waals surface area contributed by atoms with E-state index < -0.39 is 34.7 Å². The molecule has 3 rings (SSSR count). The Hall–Kier alpha value is -3.01. The molecule has 0 aliphatic carbocycles. The molecular formula is C13H8N4O5S. The van der Waals surface area contributed by atoms with E-state index in [0.29, 0.717) is 11.8 Å². The third-order valence-corrected chi connectivity index (χ3v) is 3.88. The molecule has 0 unspecified atom stereocenters. The van der Waals surface area contributed by atoms with Crippen LogP contribution in [-0.4, -0.2) is 43.6 Å². The summed E-state index contributed by atoms with van der Waals surface area (Å²) in [5.41, 5.74) is -1.16. The van der Waals surface area contributed by atoms with E-state index in [4.69, 9.17) is 0 Å². The summed E-state index contributed by atoms with van der Waals surface area (Å²) < 4.78 is 0. The molecule has 1 aliphatic rings. The summed E-state index contributed by atoms with van der Waals surface area (Å²) in [6.07, 6.45) is 0. The van der Waals surface area contributed by atoms with E-state index >= 15 is 0 Å². The number of benzene rings is 1. The third kappa shape index (κ3) is 2.71. The molecule has 0 spiro atoms. The maximum Gasteiger partial charge on any atom is 0.342 e. The van der Waals surface area contributed by atoms with Gasteiger partial charge in [-0.25, -0.2) is 9.89 Å². The second-order valence-electron chi connectivity index (χ2n) is 4.53. The number of H-pyrrole nitrogens is 2. The summed E-state index contributed by atoms with van der Waals surface area (Å²) in [4.78, 5) is 61.3. The Balaban J connectivity index is 1.77. The van der Waals surface area contributed by atoms with Crippen molar-refractivity contribution in [2.45, 2.75) is 5.03 Å². The molecule has 0 bridgehead atoms. The first-order valence-electron chi connectivity index (χ1n) is 6.32. The lowest BCUT2D eigenvalue weighted by Gasteiger charge is -2.11. The van der Waals surface area contributed by atoms with Crippen molar-refractivity contribution in [2.24, 2.45) is 0 Å². The standard InChI is InChI=1S/C13H8N4O5S/c18-8(23-10-9(19)14-13(22)16-15-10)5-17-11(20)6-3-1-2-4-7(6)12(17)21/h1-4H,5H2,(H2,14,16,19,22). The average molecular weight is 332 g/mol. The van der Waals surface area contributed by atoms with Gasteiger partial charge in [-0.3, -0.25) is 29.1 Å². The topological polar surface area (TPSA) is 133 Å². The highest BCUT2D eigenvalue weighted by molar-refractivity contribution is 8.13. The summed E-state index contributed by atoms with van der Waals surface area (Å²) in [6, 6.07) is 6.24. The zero-order chi connectivity index (χ0) is 16.6. The monoisotopic (exact) mass is 332 g/mol. The minimum Gasteiger partial charge on any atom is -0.285 e. The van der Waals surface area contributed by atoms with Gasteiger partial charge in [-0.1, -0.05) is 12.1 Å². The highest BCUT2D eigenvalue weighted by Crippen LogP contribution is 2.23.